The predicted molar refractivity (Wildman–Crippen MR) is 82.7 cm³/mol. The number of methoxy groups -OCH3 is 1. The summed E-state index contributed by atoms with van der Waals surface area (Å²) in [7, 11) is -2.21. The van der Waals surface area contributed by atoms with Crippen LogP contribution in [0.25, 0.3) is 0 Å². The zero-order chi connectivity index (χ0) is 16.6. The molecule has 126 valence electrons. The van der Waals surface area contributed by atoms with Crippen molar-refractivity contribution in [2.75, 3.05) is 7.11 Å². The van der Waals surface area contributed by atoms with Crippen LogP contribution in [0, 0.1) is 11.7 Å². The summed E-state index contributed by atoms with van der Waals surface area (Å²) in [5, 5.41) is -0.573. The number of rotatable bonds is 4. The lowest BCUT2D eigenvalue weighted by molar-refractivity contribution is -0.145. The third-order valence-electron chi connectivity index (χ3n) is 4.85. The number of hydrogen-bond acceptors (Lipinski definition) is 4. The topological polar surface area (TPSA) is 72.5 Å². The van der Waals surface area contributed by atoms with E-state index in [1.54, 1.807) is 6.07 Å². The number of halogens is 1. The van der Waals surface area contributed by atoms with E-state index in [1.165, 1.54) is 19.2 Å². The summed E-state index contributed by atoms with van der Waals surface area (Å²) < 4.78 is 45.9. The van der Waals surface area contributed by atoms with Gasteiger partial charge in [-0.1, -0.05) is 6.07 Å². The second-order valence-electron chi connectivity index (χ2n) is 6.25. The van der Waals surface area contributed by atoms with E-state index in [1.807, 2.05) is 0 Å². The number of esters is 1. The lowest BCUT2D eigenvalue weighted by Crippen LogP contribution is -2.35. The first-order valence-electron chi connectivity index (χ1n) is 7.78. The highest BCUT2D eigenvalue weighted by atomic mass is 32.2. The smallest absolute Gasteiger partial charge is 0.308 e. The van der Waals surface area contributed by atoms with E-state index < -0.39 is 15.3 Å². The van der Waals surface area contributed by atoms with Gasteiger partial charge < -0.3 is 4.74 Å². The minimum absolute atomic E-state index is 0.297. The van der Waals surface area contributed by atoms with Gasteiger partial charge in [0, 0.05) is 6.04 Å². The number of carbonyl (C=O) groups is 1. The lowest BCUT2D eigenvalue weighted by atomic mass is 10.1. The van der Waals surface area contributed by atoms with Crippen molar-refractivity contribution in [3.63, 3.8) is 0 Å². The Morgan fingerprint density at radius 3 is 2.83 bits per heavy atom. The van der Waals surface area contributed by atoms with Crippen molar-refractivity contribution < 1.29 is 22.3 Å². The number of carbonyl (C=O) groups excluding carboxylic acids is 1. The van der Waals surface area contributed by atoms with Gasteiger partial charge in [0.05, 0.1) is 18.3 Å². The fourth-order valence-corrected chi connectivity index (χ4v) is 5.37. The van der Waals surface area contributed by atoms with E-state index in [0.717, 1.165) is 11.1 Å². The van der Waals surface area contributed by atoms with Crippen molar-refractivity contribution in [1.29, 1.82) is 0 Å². The molecule has 1 aromatic rings. The molecule has 0 radical (unpaired) electrons. The van der Waals surface area contributed by atoms with Gasteiger partial charge in [-0.05, 0) is 55.4 Å². The summed E-state index contributed by atoms with van der Waals surface area (Å²) in [4.78, 5) is 11.6. The summed E-state index contributed by atoms with van der Waals surface area (Å²) in [5.74, 6) is -0.986. The third-order valence-corrected chi connectivity index (χ3v) is 6.77. The monoisotopic (exact) mass is 341 g/mol. The number of hydrogen-bond donors (Lipinski definition) is 1. The molecule has 2 aliphatic carbocycles. The van der Waals surface area contributed by atoms with Crippen LogP contribution in [0.1, 0.15) is 42.9 Å². The molecule has 1 fully saturated rings. The number of nitrogens with one attached hydrogen (secondary N) is 1. The molecule has 2 aliphatic rings. The van der Waals surface area contributed by atoms with Gasteiger partial charge in [0.15, 0.2) is 0 Å². The molecular weight excluding hydrogens is 321 g/mol. The van der Waals surface area contributed by atoms with Gasteiger partial charge >= 0.3 is 5.97 Å². The van der Waals surface area contributed by atoms with E-state index in [-0.39, 0.29) is 23.7 Å². The number of ether oxygens (including phenoxy) is 1. The standard InChI is InChI=1S/C16H20FNO4S/c1-22-16(19)11-2-5-13(9-11)23(20,21)18-15-7-3-10-8-12(17)4-6-14(10)15/h4,6,8,11,13,15,18H,2-3,5,7,9H2,1H3. The molecular formula is C16H20FNO4S. The van der Waals surface area contributed by atoms with E-state index in [4.69, 9.17) is 4.74 Å². The molecule has 3 unspecified atom stereocenters. The van der Waals surface area contributed by atoms with Crippen LogP contribution < -0.4 is 4.72 Å². The average molecular weight is 341 g/mol. The van der Waals surface area contributed by atoms with Crippen LogP contribution in [-0.2, 0) is 26.0 Å². The van der Waals surface area contributed by atoms with Crippen molar-refractivity contribution >= 4 is 16.0 Å². The molecule has 0 amide bonds. The summed E-state index contributed by atoms with van der Waals surface area (Å²) in [6.45, 7) is 0. The Kier molecular flexibility index (Phi) is 4.42. The van der Waals surface area contributed by atoms with Crippen molar-refractivity contribution in [3.05, 3.63) is 35.1 Å². The van der Waals surface area contributed by atoms with Gasteiger partial charge in [-0.15, -0.1) is 0 Å². The second kappa shape index (κ2) is 6.20. The molecule has 0 aromatic heterocycles. The second-order valence-corrected chi connectivity index (χ2v) is 8.24. The summed E-state index contributed by atoms with van der Waals surface area (Å²) >= 11 is 0. The minimum Gasteiger partial charge on any atom is -0.469 e. The van der Waals surface area contributed by atoms with Crippen LogP contribution in [0.2, 0.25) is 0 Å². The van der Waals surface area contributed by atoms with Gasteiger partial charge in [0.25, 0.3) is 0 Å². The Labute approximate surface area is 135 Å². The van der Waals surface area contributed by atoms with Crippen LogP contribution in [0.5, 0.6) is 0 Å². The fraction of sp³-hybridized carbons (Fsp3) is 0.562. The molecule has 5 nitrogen and oxygen atoms in total. The highest BCUT2D eigenvalue weighted by Gasteiger charge is 2.39. The molecule has 23 heavy (non-hydrogen) atoms. The van der Waals surface area contributed by atoms with Gasteiger partial charge in [0.2, 0.25) is 10.0 Å². The Morgan fingerprint density at radius 1 is 1.30 bits per heavy atom. The number of fused-ring (bicyclic) bond motifs is 1. The maximum atomic E-state index is 13.2. The Hall–Kier alpha value is -1.47. The highest BCUT2D eigenvalue weighted by Crippen LogP contribution is 2.35. The zero-order valence-electron chi connectivity index (χ0n) is 12.9. The Bertz CT molecular complexity index is 719. The first-order chi connectivity index (χ1) is 10.9. The molecule has 0 spiro atoms. The van der Waals surface area contributed by atoms with Gasteiger partial charge in [-0.2, -0.15) is 0 Å². The fourth-order valence-electron chi connectivity index (χ4n) is 3.61. The van der Waals surface area contributed by atoms with E-state index in [0.29, 0.717) is 32.1 Å². The van der Waals surface area contributed by atoms with Crippen LogP contribution in [0.4, 0.5) is 4.39 Å². The molecule has 0 saturated heterocycles. The van der Waals surface area contributed by atoms with Crippen LogP contribution >= 0.6 is 0 Å². The average Bonchev–Trinajstić information content (AvgIpc) is 3.14. The van der Waals surface area contributed by atoms with Crippen LogP contribution in [0.3, 0.4) is 0 Å². The minimum atomic E-state index is -3.52. The highest BCUT2D eigenvalue weighted by molar-refractivity contribution is 7.90. The summed E-state index contributed by atoms with van der Waals surface area (Å²) in [6, 6.07) is 4.16. The van der Waals surface area contributed by atoms with Crippen LogP contribution in [-0.4, -0.2) is 26.7 Å². The van der Waals surface area contributed by atoms with Crippen molar-refractivity contribution in [2.24, 2.45) is 5.92 Å². The summed E-state index contributed by atoms with van der Waals surface area (Å²) in [6.07, 6.45) is 2.58. The van der Waals surface area contributed by atoms with Crippen molar-refractivity contribution in [3.8, 4) is 0 Å². The number of aryl methyl sites for hydroxylation is 1. The molecule has 3 atom stereocenters. The van der Waals surface area contributed by atoms with E-state index >= 15 is 0 Å². The first kappa shape index (κ1) is 16.4. The zero-order valence-corrected chi connectivity index (χ0v) is 13.7. The van der Waals surface area contributed by atoms with Crippen molar-refractivity contribution in [1.82, 2.24) is 4.72 Å². The van der Waals surface area contributed by atoms with E-state index in [9.17, 15) is 17.6 Å². The summed E-state index contributed by atoms with van der Waals surface area (Å²) in [5.41, 5.74) is 1.70. The largest absolute Gasteiger partial charge is 0.469 e. The van der Waals surface area contributed by atoms with Gasteiger partial charge in [-0.25, -0.2) is 17.5 Å². The predicted octanol–water partition coefficient (Wildman–Crippen LogP) is 2.07. The SMILES string of the molecule is COC(=O)C1CCC(S(=O)(=O)NC2CCc3cc(F)ccc32)C1. The maximum absolute atomic E-state index is 13.2. The first-order valence-corrected chi connectivity index (χ1v) is 9.32. The molecule has 0 bridgehead atoms. The van der Waals surface area contributed by atoms with E-state index in [2.05, 4.69) is 4.72 Å². The van der Waals surface area contributed by atoms with Gasteiger partial charge in [0.1, 0.15) is 5.82 Å². The number of benzene rings is 1. The van der Waals surface area contributed by atoms with Gasteiger partial charge in [-0.3, -0.25) is 4.79 Å². The third kappa shape index (κ3) is 3.26. The van der Waals surface area contributed by atoms with Crippen LogP contribution in [0.15, 0.2) is 18.2 Å². The quantitative estimate of drug-likeness (QED) is 0.851. The Balaban J connectivity index is 1.70. The molecule has 3 rings (SSSR count). The lowest BCUT2D eigenvalue weighted by Gasteiger charge is -2.18. The molecule has 1 N–H and O–H groups in total. The maximum Gasteiger partial charge on any atom is 0.308 e. The Morgan fingerprint density at radius 2 is 2.09 bits per heavy atom. The molecule has 0 heterocycles. The molecule has 1 aromatic carbocycles. The van der Waals surface area contributed by atoms with Crippen molar-refractivity contribution in [2.45, 2.75) is 43.4 Å². The molecule has 7 heteroatoms. The molecule has 1 saturated carbocycles. The normalized spacial score (nSPS) is 27.0. The molecule has 0 aliphatic heterocycles. The number of sulfonamides is 1.